The smallest absolute Gasteiger partial charge is 0.301 e. The van der Waals surface area contributed by atoms with Gasteiger partial charge in [0.1, 0.15) is 6.61 Å². The summed E-state index contributed by atoms with van der Waals surface area (Å²) in [7, 11) is 0. The first-order valence-electron chi connectivity index (χ1n) is 5.45. The van der Waals surface area contributed by atoms with Crippen LogP contribution in [0.1, 0.15) is 18.1 Å². The zero-order valence-electron chi connectivity index (χ0n) is 10.1. The Kier molecular flexibility index (Phi) is 5.01. The number of ether oxygens (including phenoxy) is 1. The molecule has 0 spiro atoms. The van der Waals surface area contributed by atoms with Gasteiger partial charge in [0.05, 0.1) is 5.76 Å². The van der Waals surface area contributed by atoms with Crippen LogP contribution in [-0.4, -0.2) is 6.67 Å². The second-order valence-electron chi connectivity index (χ2n) is 3.84. The third-order valence-corrected chi connectivity index (χ3v) is 2.36. The first-order chi connectivity index (χ1) is 8.49. The summed E-state index contributed by atoms with van der Waals surface area (Å²) in [4.78, 5) is 0. The molecule has 0 unspecified atom stereocenters. The van der Waals surface area contributed by atoms with Gasteiger partial charge < -0.3 is 4.74 Å². The Morgan fingerprint density at radius 1 is 1.33 bits per heavy atom. The summed E-state index contributed by atoms with van der Waals surface area (Å²) in [5.41, 5.74) is 0.414. The molecule has 0 N–H and O–H groups in total. The van der Waals surface area contributed by atoms with Crippen LogP contribution in [0.4, 0.5) is 13.2 Å². The summed E-state index contributed by atoms with van der Waals surface area (Å²) >= 11 is 0. The van der Waals surface area contributed by atoms with E-state index in [9.17, 15) is 13.2 Å². The van der Waals surface area contributed by atoms with Crippen LogP contribution in [0.25, 0.3) is 0 Å². The summed E-state index contributed by atoms with van der Waals surface area (Å²) in [6.45, 7) is 3.88. The van der Waals surface area contributed by atoms with Gasteiger partial charge >= 0.3 is 5.92 Å². The Morgan fingerprint density at radius 3 is 2.44 bits per heavy atom. The van der Waals surface area contributed by atoms with Crippen LogP contribution in [-0.2, 0) is 17.3 Å². The molecule has 0 aliphatic carbocycles. The van der Waals surface area contributed by atoms with Crippen LogP contribution >= 0.6 is 0 Å². The fourth-order valence-electron chi connectivity index (χ4n) is 1.33. The quantitative estimate of drug-likeness (QED) is 0.543. The zero-order chi connectivity index (χ0) is 13.6. The van der Waals surface area contributed by atoms with E-state index in [2.05, 4.69) is 6.58 Å². The maximum absolute atomic E-state index is 13.0. The molecule has 0 atom stereocenters. The lowest BCUT2D eigenvalue weighted by Crippen LogP contribution is -2.15. The second-order valence-corrected chi connectivity index (χ2v) is 3.84. The molecule has 0 saturated carbocycles. The normalized spacial score (nSPS) is 12.3. The summed E-state index contributed by atoms with van der Waals surface area (Å²) < 4.78 is 43.5. The molecule has 1 nitrogen and oxygen atoms in total. The molecule has 0 aliphatic heterocycles. The fraction of sp³-hybridized carbons (Fsp3) is 0.286. The van der Waals surface area contributed by atoms with Crippen molar-refractivity contribution in [2.45, 2.75) is 19.5 Å². The molecule has 4 heteroatoms. The minimum Gasteiger partial charge on any atom is -0.494 e. The Hall–Kier alpha value is -1.71. The monoisotopic (exact) mass is 256 g/mol. The molecule has 0 aromatic heterocycles. The molecule has 1 aromatic rings. The SMILES string of the molecule is C=C/C=C(\C)OCc1ccc(C(F)(F)CF)cc1. The fourth-order valence-corrected chi connectivity index (χ4v) is 1.33. The van der Waals surface area contributed by atoms with Crippen LogP contribution in [0.2, 0.25) is 0 Å². The molecule has 0 aliphatic rings. The van der Waals surface area contributed by atoms with Crippen molar-refractivity contribution >= 4 is 0 Å². The van der Waals surface area contributed by atoms with Gasteiger partial charge in [0.25, 0.3) is 0 Å². The molecule has 0 amide bonds. The predicted octanol–water partition coefficient (Wildman–Crippen LogP) is 4.35. The molecule has 0 fully saturated rings. The Labute approximate surface area is 105 Å². The Balaban J connectivity index is 2.66. The highest BCUT2D eigenvalue weighted by Crippen LogP contribution is 2.28. The van der Waals surface area contributed by atoms with Gasteiger partial charge in [0.2, 0.25) is 0 Å². The lowest BCUT2D eigenvalue weighted by atomic mass is 10.1. The molecule has 0 bridgehead atoms. The predicted molar refractivity (Wildman–Crippen MR) is 65.1 cm³/mol. The van der Waals surface area contributed by atoms with Gasteiger partial charge in [-0.1, -0.05) is 36.9 Å². The van der Waals surface area contributed by atoms with Gasteiger partial charge in [0, 0.05) is 5.56 Å². The van der Waals surface area contributed by atoms with E-state index in [4.69, 9.17) is 4.74 Å². The van der Waals surface area contributed by atoms with E-state index in [-0.39, 0.29) is 12.2 Å². The third-order valence-electron chi connectivity index (χ3n) is 2.36. The van der Waals surface area contributed by atoms with Crippen LogP contribution in [0, 0.1) is 0 Å². The number of rotatable bonds is 6. The van der Waals surface area contributed by atoms with Crippen molar-refractivity contribution in [2.75, 3.05) is 6.67 Å². The third kappa shape index (κ3) is 3.95. The molecule has 98 valence electrons. The van der Waals surface area contributed by atoms with Crippen LogP contribution in [0.3, 0.4) is 0 Å². The Bertz CT molecular complexity index is 421. The minimum absolute atomic E-state index is 0.275. The van der Waals surface area contributed by atoms with E-state index >= 15 is 0 Å². The molecule has 18 heavy (non-hydrogen) atoms. The summed E-state index contributed by atoms with van der Waals surface area (Å²) in [6.07, 6.45) is 3.30. The zero-order valence-corrected chi connectivity index (χ0v) is 10.1. The lowest BCUT2D eigenvalue weighted by Gasteiger charge is -2.13. The van der Waals surface area contributed by atoms with Crippen molar-refractivity contribution in [1.29, 1.82) is 0 Å². The van der Waals surface area contributed by atoms with Gasteiger partial charge in [-0.05, 0) is 18.6 Å². The molecular weight excluding hydrogens is 241 g/mol. The molecule has 1 aromatic carbocycles. The second kappa shape index (κ2) is 6.28. The maximum atomic E-state index is 13.0. The average molecular weight is 256 g/mol. The van der Waals surface area contributed by atoms with Gasteiger partial charge in [-0.3, -0.25) is 0 Å². The van der Waals surface area contributed by atoms with Crippen LogP contribution in [0.15, 0.2) is 48.8 Å². The van der Waals surface area contributed by atoms with Crippen molar-refractivity contribution in [2.24, 2.45) is 0 Å². The molecule has 0 heterocycles. The molecule has 0 saturated heterocycles. The van der Waals surface area contributed by atoms with E-state index in [0.29, 0.717) is 5.76 Å². The first-order valence-corrected chi connectivity index (χ1v) is 5.45. The van der Waals surface area contributed by atoms with Gasteiger partial charge in [-0.2, -0.15) is 8.78 Å². The summed E-state index contributed by atoms with van der Waals surface area (Å²) in [5, 5.41) is 0. The summed E-state index contributed by atoms with van der Waals surface area (Å²) in [5.74, 6) is -2.74. The van der Waals surface area contributed by atoms with Crippen LogP contribution in [0.5, 0.6) is 0 Å². The lowest BCUT2D eigenvalue weighted by molar-refractivity contribution is -0.0281. The largest absolute Gasteiger partial charge is 0.494 e. The standard InChI is InChI=1S/C14H15F3O/c1-3-4-11(2)18-9-12-5-7-13(8-6-12)14(16,17)10-15/h3-8H,1,9-10H2,2H3/b11-4+. The van der Waals surface area contributed by atoms with Gasteiger partial charge in [-0.25, -0.2) is 4.39 Å². The van der Waals surface area contributed by atoms with E-state index in [1.807, 2.05) is 0 Å². The molecule has 0 radical (unpaired) electrons. The van der Waals surface area contributed by atoms with Crippen molar-refractivity contribution in [3.05, 3.63) is 59.9 Å². The average Bonchev–Trinajstić information content (AvgIpc) is 2.37. The topological polar surface area (TPSA) is 9.23 Å². The van der Waals surface area contributed by atoms with E-state index in [0.717, 1.165) is 5.56 Å². The van der Waals surface area contributed by atoms with Crippen molar-refractivity contribution in [1.82, 2.24) is 0 Å². The molecule has 1 rings (SSSR count). The highest BCUT2D eigenvalue weighted by molar-refractivity contribution is 5.25. The van der Waals surface area contributed by atoms with Crippen molar-refractivity contribution < 1.29 is 17.9 Å². The highest BCUT2D eigenvalue weighted by Gasteiger charge is 2.31. The number of halogens is 3. The van der Waals surface area contributed by atoms with E-state index in [1.165, 1.54) is 24.3 Å². The van der Waals surface area contributed by atoms with Gasteiger partial charge in [0.15, 0.2) is 6.67 Å². The van der Waals surface area contributed by atoms with E-state index in [1.54, 1.807) is 19.1 Å². The van der Waals surface area contributed by atoms with Crippen LogP contribution < -0.4 is 0 Å². The number of hydrogen-bond donors (Lipinski definition) is 0. The summed E-state index contributed by atoms with van der Waals surface area (Å²) in [6, 6.07) is 5.43. The first kappa shape index (κ1) is 14.4. The number of benzene rings is 1. The molecular formula is C14H15F3O. The number of alkyl halides is 3. The van der Waals surface area contributed by atoms with Gasteiger partial charge in [-0.15, -0.1) is 0 Å². The highest BCUT2D eigenvalue weighted by atomic mass is 19.3. The maximum Gasteiger partial charge on any atom is 0.301 e. The minimum atomic E-state index is -3.42. The van der Waals surface area contributed by atoms with E-state index < -0.39 is 12.6 Å². The number of hydrogen-bond acceptors (Lipinski definition) is 1. The number of allylic oxidation sites excluding steroid dienone is 3. The van der Waals surface area contributed by atoms with Crippen molar-refractivity contribution in [3.63, 3.8) is 0 Å². The van der Waals surface area contributed by atoms with Crippen molar-refractivity contribution in [3.8, 4) is 0 Å². The Morgan fingerprint density at radius 2 is 1.94 bits per heavy atom.